The summed E-state index contributed by atoms with van der Waals surface area (Å²) in [7, 11) is 4.67. The van der Waals surface area contributed by atoms with E-state index in [4.69, 9.17) is 18.9 Å². The summed E-state index contributed by atoms with van der Waals surface area (Å²) in [4.78, 5) is 40.7. The molecule has 0 spiro atoms. The number of amides is 2. The van der Waals surface area contributed by atoms with Crippen molar-refractivity contribution in [3.63, 3.8) is 0 Å². The van der Waals surface area contributed by atoms with Gasteiger partial charge >= 0.3 is 0 Å². The van der Waals surface area contributed by atoms with Crippen LogP contribution in [-0.2, 0) is 20.7 Å². The maximum atomic E-state index is 13.5. The average Bonchev–Trinajstić information content (AvgIpc) is 3.21. The molecule has 0 aromatic heterocycles. The smallest absolute Gasteiger partial charge is 0.242 e. The number of aryl methyl sites for hydroxylation is 1. The molecule has 11 nitrogen and oxygen atoms in total. The molecule has 3 N–H and O–H groups in total. The van der Waals surface area contributed by atoms with E-state index < -0.39 is 12.1 Å². The van der Waals surface area contributed by atoms with Crippen LogP contribution < -0.4 is 35.6 Å². The normalized spacial score (nSPS) is 17.2. The molecule has 2 aromatic carbocycles. The number of ether oxygens (including phenoxy) is 4. The van der Waals surface area contributed by atoms with Crippen molar-refractivity contribution in [3.8, 4) is 28.4 Å². The number of hydrogen-bond donors (Lipinski definition) is 3. The lowest BCUT2D eigenvalue weighted by molar-refractivity contribution is -0.121. The van der Waals surface area contributed by atoms with E-state index in [-0.39, 0.29) is 22.9 Å². The molecule has 1 heterocycles. The summed E-state index contributed by atoms with van der Waals surface area (Å²) < 4.78 is 22.4. The Morgan fingerprint density at radius 2 is 1.80 bits per heavy atom. The van der Waals surface area contributed by atoms with Crippen LogP contribution in [0.1, 0.15) is 37.4 Å². The average molecular weight is 569 g/mol. The molecular weight excluding hydrogens is 528 g/mol. The minimum Gasteiger partial charge on any atom is -0.493 e. The molecule has 0 bridgehead atoms. The van der Waals surface area contributed by atoms with Gasteiger partial charge in [-0.15, -0.1) is 0 Å². The van der Waals surface area contributed by atoms with E-state index in [0.29, 0.717) is 55.4 Å². The summed E-state index contributed by atoms with van der Waals surface area (Å²) in [5, 5.41) is 9.03. The number of benzene rings is 1. The second-order valence-electron chi connectivity index (χ2n) is 10.2. The summed E-state index contributed by atoms with van der Waals surface area (Å²) in [6.45, 7) is 7.52. The van der Waals surface area contributed by atoms with Crippen molar-refractivity contribution < 1.29 is 28.5 Å². The number of hydrogen-bond acceptors (Lipinski definition) is 9. The molecule has 2 atom stereocenters. The largest absolute Gasteiger partial charge is 0.493 e. The van der Waals surface area contributed by atoms with Gasteiger partial charge in [0.2, 0.25) is 23.0 Å². The topological polar surface area (TPSA) is 127 Å². The van der Waals surface area contributed by atoms with Gasteiger partial charge in [-0.2, -0.15) is 0 Å². The number of anilines is 1. The third-order valence-corrected chi connectivity index (χ3v) is 7.51. The van der Waals surface area contributed by atoms with Gasteiger partial charge in [0.05, 0.1) is 46.3 Å². The highest BCUT2D eigenvalue weighted by atomic mass is 16.5. The zero-order valence-corrected chi connectivity index (χ0v) is 24.4. The Bertz CT molecular complexity index is 1330. The fraction of sp³-hybridized carbons (Fsp3) is 0.500. The van der Waals surface area contributed by atoms with Crippen LogP contribution in [0.4, 0.5) is 5.69 Å². The standard InChI is InChI=1S/C30H40N4O7/c1-18(30(37)31-10-11-34-12-14-41-15-13-34)32-24-9-7-21-22(17-25(24)36)23(33-19(2)35)8-6-20-16-26(38-3)28(39-4)29(40-5)27(20)21/h7,9,16-18,23H,6,8,10-15H2,1-5H3,(H,31,37)(H,32,36)(H,33,35)/t18-,23-/m1/s1. The van der Waals surface area contributed by atoms with Crippen molar-refractivity contribution in [2.24, 2.45) is 0 Å². The molecule has 4 rings (SSSR count). The predicted molar refractivity (Wildman–Crippen MR) is 156 cm³/mol. The number of rotatable bonds is 10. The van der Waals surface area contributed by atoms with Crippen molar-refractivity contribution in [1.82, 2.24) is 15.5 Å². The number of nitrogens with one attached hydrogen (secondary N) is 3. The Kier molecular flexibility index (Phi) is 10.1. The minimum atomic E-state index is -0.646. The van der Waals surface area contributed by atoms with Crippen molar-refractivity contribution in [2.75, 3.05) is 66.0 Å². The monoisotopic (exact) mass is 568 g/mol. The van der Waals surface area contributed by atoms with Gasteiger partial charge in [0.15, 0.2) is 11.5 Å². The van der Waals surface area contributed by atoms with E-state index in [2.05, 4.69) is 20.9 Å². The number of nitrogens with zero attached hydrogens (tertiary/aromatic N) is 1. The summed E-state index contributed by atoms with van der Waals surface area (Å²) in [6.07, 6.45) is 1.17. The highest BCUT2D eigenvalue weighted by Gasteiger charge is 2.29. The van der Waals surface area contributed by atoms with Gasteiger partial charge in [-0.05, 0) is 54.7 Å². The van der Waals surface area contributed by atoms with Crippen molar-refractivity contribution >= 4 is 17.5 Å². The molecular formula is C30H40N4O7. The molecule has 2 aromatic rings. The summed E-state index contributed by atoms with van der Waals surface area (Å²) >= 11 is 0. The Hall–Kier alpha value is -3.83. The van der Waals surface area contributed by atoms with E-state index in [1.165, 1.54) is 13.0 Å². The first kappa shape index (κ1) is 30.1. The van der Waals surface area contributed by atoms with Crippen LogP contribution in [0.15, 0.2) is 29.1 Å². The second-order valence-corrected chi connectivity index (χ2v) is 10.2. The Morgan fingerprint density at radius 1 is 1.07 bits per heavy atom. The summed E-state index contributed by atoms with van der Waals surface area (Å²) in [5.74, 6) is 1.04. The fourth-order valence-corrected chi connectivity index (χ4v) is 5.44. The van der Waals surface area contributed by atoms with E-state index >= 15 is 0 Å². The van der Waals surface area contributed by atoms with Crippen LogP contribution >= 0.6 is 0 Å². The number of fused-ring (bicyclic) bond motifs is 3. The highest BCUT2D eigenvalue weighted by molar-refractivity contribution is 5.85. The first-order valence-corrected chi connectivity index (χ1v) is 13.9. The SMILES string of the molecule is COc1cc2c(c(OC)c1OC)-c1ccc(N[C@H](C)C(=O)NCCN3CCOCC3)c(=O)cc1[C@H](NC(C)=O)CC2. The van der Waals surface area contributed by atoms with Crippen LogP contribution in [0, 0.1) is 0 Å². The van der Waals surface area contributed by atoms with Crippen LogP contribution in [0.2, 0.25) is 0 Å². The van der Waals surface area contributed by atoms with Gasteiger partial charge < -0.3 is 34.9 Å². The lowest BCUT2D eigenvalue weighted by Gasteiger charge is -2.26. The van der Waals surface area contributed by atoms with Gasteiger partial charge in [-0.25, -0.2) is 0 Å². The van der Waals surface area contributed by atoms with Crippen LogP contribution in [0.25, 0.3) is 11.1 Å². The third-order valence-electron chi connectivity index (χ3n) is 7.51. The van der Waals surface area contributed by atoms with Gasteiger partial charge in [-0.1, -0.05) is 6.07 Å². The van der Waals surface area contributed by atoms with E-state index in [1.54, 1.807) is 34.3 Å². The number of methoxy groups -OCH3 is 3. The van der Waals surface area contributed by atoms with Gasteiger partial charge in [-0.3, -0.25) is 19.3 Å². The molecule has 11 heteroatoms. The lowest BCUT2D eigenvalue weighted by Crippen LogP contribution is -2.44. The molecule has 1 saturated heterocycles. The van der Waals surface area contributed by atoms with Crippen LogP contribution in [-0.4, -0.2) is 83.5 Å². The zero-order valence-electron chi connectivity index (χ0n) is 24.4. The molecule has 41 heavy (non-hydrogen) atoms. The summed E-state index contributed by atoms with van der Waals surface area (Å²) in [6, 6.07) is 5.89. The third kappa shape index (κ3) is 6.91. The lowest BCUT2D eigenvalue weighted by atomic mass is 9.95. The molecule has 1 aliphatic heterocycles. The Balaban J connectivity index is 1.68. The molecule has 1 fully saturated rings. The fourth-order valence-electron chi connectivity index (χ4n) is 5.44. The molecule has 0 saturated carbocycles. The number of morpholine rings is 1. The highest BCUT2D eigenvalue weighted by Crippen LogP contribution is 2.50. The maximum Gasteiger partial charge on any atom is 0.242 e. The Labute approximate surface area is 240 Å². The van der Waals surface area contributed by atoms with Crippen molar-refractivity contribution in [3.05, 3.63) is 45.6 Å². The van der Waals surface area contributed by atoms with Crippen molar-refractivity contribution in [2.45, 2.75) is 38.8 Å². The molecule has 222 valence electrons. The zero-order chi connectivity index (χ0) is 29.5. The van der Waals surface area contributed by atoms with E-state index in [9.17, 15) is 14.4 Å². The quantitative estimate of drug-likeness (QED) is 0.395. The first-order chi connectivity index (χ1) is 19.8. The summed E-state index contributed by atoms with van der Waals surface area (Å²) in [5.41, 5.74) is 3.07. The van der Waals surface area contributed by atoms with Crippen LogP contribution in [0.3, 0.4) is 0 Å². The second kappa shape index (κ2) is 13.7. The number of carbonyl (C=O) groups excluding carboxylic acids is 2. The first-order valence-electron chi connectivity index (χ1n) is 13.9. The molecule has 0 radical (unpaired) electrons. The maximum absolute atomic E-state index is 13.5. The van der Waals surface area contributed by atoms with Gasteiger partial charge in [0, 0.05) is 38.7 Å². The molecule has 2 amide bonds. The van der Waals surface area contributed by atoms with Gasteiger partial charge in [0.25, 0.3) is 0 Å². The molecule has 0 unspecified atom stereocenters. The van der Waals surface area contributed by atoms with E-state index in [0.717, 1.165) is 36.3 Å². The van der Waals surface area contributed by atoms with Crippen molar-refractivity contribution in [1.29, 1.82) is 0 Å². The van der Waals surface area contributed by atoms with Gasteiger partial charge in [0.1, 0.15) is 6.04 Å². The molecule has 2 aliphatic rings. The Morgan fingerprint density at radius 3 is 2.46 bits per heavy atom. The molecule has 1 aliphatic carbocycles. The van der Waals surface area contributed by atoms with Crippen LogP contribution in [0.5, 0.6) is 17.2 Å². The van der Waals surface area contributed by atoms with E-state index in [1.807, 2.05) is 12.1 Å². The minimum absolute atomic E-state index is 0.200. The number of carbonyl (C=O) groups is 2. The predicted octanol–water partition coefficient (Wildman–Crippen LogP) is 2.11.